The lowest BCUT2D eigenvalue weighted by molar-refractivity contribution is 0.568. The van der Waals surface area contributed by atoms with Gasteiger partial charge in [-0.2, -0.15) is 0 Å². The van der Waals surface area contributed by atoms with E-state index in [-0.39, 0.29) is 11.9 Å². The predicted octanol–water partition coefficient (Wildman–Crippen LogP) is 2.54. The normalized spacial score (nSPS) is 13.0. The summed E-state index contributed by atoms with van der Waals surface area (Å²) in [5.74, 6) is -0.160. The highest BCUT2D eigenvalue weighted by molar-refractivity contribution is 5.27. The zero-order chi connectivity index (χ0) is 9.14. The maximum absolute atomic E-state index is 13.4. The van der Waals surface area contributed by atoms with E-state index >= 15 is 0 Å². The fraction of sp³-hybridized carbons (Fsp3) is 0.400. The fourth-order valence-corrected chi connectivity index (χ4v) is 1.18. The number of rotatable bonds is 2. The van der Waals surface area contributed by atoms with Gasteiger partial charge in [0.15, 0.2) is 0 Å². The van der Waals surface area contributed by atoms with Gasteiger partial charge in [-0.3, -0.25) is 0 Å². The molecule has 1 aromatic carbocycles. The molecule has 0 radical (unpaired) electrons. The molecule has 0 saturated heterocycles. The minimum absolute atomic E-state index is 0.160. The van der Waals surface area contributed by atoms with E-state index in [1.807, 2.05) is 13.0 Å². The molecule has 1 rings (SSSR count). The van der Waals surface area contributed by atoms with Gasteiger partial charge in [0, 0.05) is 11.6 Å². The number of hydrogen-bond acceptors (Lipinski definition) is 1. The molecule has 66 valence electrons. The monoisotopic (exact) mass is 167 g/mol. The molecule has 0 aliphatic carbocycles. The van der Waals surface area contributed by atoms with E-state index in [9.17, 15) is 4.39 Å². The van der Waals surface area contributed by atoms with Crippen molar-refractivity contribution in [2.24, 2.45) is 5.73 Å². The largest absolute Gasteiger partial charge is 0.324 e. The first-order valence-electron chi connectivity index (χ1n) is 4.17. The van der Waals surface area contributed by atoms with E-state index in [4.69, 9.17) is 5.73 Å². The Kier molecular flexibility index (Phi) is 2.82. The Morgan fingerprint density at radius 2 is 2.17 bits per heavy atom. The SMILES string of the molecule is CC[C@H](N)c1cccc(C)c1F. The quantitative estimate of drug-likeness (QED) is 0.719. The molecule has 1 atom stereocenters. The zero-order valence-electron chi connectivity index (χ0n) is 7.47. The first kappa shape index (κ1) is 9.20. The third-order valence-electron chi connectivity index (χ3n) is 2.06. The maximum atomic E-state index is 13.4. The number of aryl methyl sites for hydroxylation is 1. The van der Waals surface area contributed by atoms with Crippen molar-refractivity contribution in [1.82, 2.24) is 0 Å². The summed E-state index contributed by atoms with van der Waals surface area (Å²) in [7, 11) is 0. The highest BCUT2D eigenvalue weighted by Gasteiger charge is 2.09. The predicted molar refractivity (Wildman–Crippen MR) is 48.4 cm³/mol. The topological polar surface area (TPSA) is 26.0 Å². The molecule has 0 saturated carbocycles. The van der Waals surface area contributed by atoms with Gasteiger partial charge >= 0.3 is 0 Å². The van der Waals surface area contributed by atoms with E-state index < -0.39 is 0 Å². The van der Waals surface area contributed by atoms with Crippen molar-refractivity contribution < 1.29 is 4.39 Å². The second-order valence-corrected chi connectivity index (χ2v) is 2.99. The van der Waals surface area contributed by atoms with Crippen molar-refractivity contribution in [3.05, 3.63) is 35.1 Å². The number of nitrogens with two attached hydrogens (primary N) is 1. The summed E-state index contributed by atoms with van der Waals surface area (Å²) < 4.78 is 13.4. The Bertz CT molecular complexity index is 271. The van der Waals surface area contributed by atoms with Crippen LogP contribution in [0.15, 0.2) is 18.2 Å². The summed E-state index contributed by atoms with van der Waals surface area (Å²) in [5, 5.41) is 0. The van der Waals surface area contributed by atoms with Crippen LogP contribution in [0.4, 0.5) is 4.39 Å². The highest BCUT2D eigenvalue weighted by Crippen LogP contribution is 2.19. The standard InChI is InChI=1S/C10H14FN/c1-3-9(12)8-6-4-5-7(2)10(8)11/h4-6,9H,3,12H2,1-2H3/t9-/m0/s1. The lowest BCUT2D eigenvalue weighted by Gasteiger charge is -2.11. The van der Waals surface area contributed by atoms with Crippen molar-refractivity contribution in [1.29, 1.82) is 0 Å². The lowest BCUT2D eigenvalue weighted by Crippen LogP contribution is -2.11. The molecule has 12 heavy (non-hydrogen) atoms. The fourth-order valence-electron chi connectivity index (χ4n) is 1.18. The van der Waals surface area contributed by atoms with Crippen LogP contribution in [0.5, 0.6) is 0 Å². The van der Waals surface area contributed by atoms with Crippen molar-refractivity contribution in [2.75, 3.05) is 0 Å². The minimum Gasteiger partial charge on any atom is -0.324 e. The van der Waals surface area contributed by atoms with Crippen LogP contribution in [0.2, 0.25) is 0 Å². The molecule has 0 amide bonds. The molecule has 0 unspecified atom stereocenters. The number of benzene rings is 1. The molecule has 0 fully saturated rings. The zero-order valence-corrected chi connectivity index (χ0v) is 7.47. The minimum atomic E-state index is -0.176. The Morgan fingerprint density at radius 3 is 2.75 bits per heavy atom. The van der Waals surface area contributed by atoms with Crippen LogP contribution in [0.1, 0.15) is 30.5 Å². The summed E-state index contributed by atoms with van der Waals surface area (Å²) >= 11 is 0. The Labute approximate surface area is 72.4 Å². The molecule has 0 aliphatic rings. The van der Waals surface area contributed by atoms with E-state index in [0.717, 1.165) is 6.42 Å². The van der Waals surface area contributed by atoms with Crippen molar-refractivity contribution in [3.8, 4) is 0 Å². The van der Waals surface area contributed by atoms with E-state index in [1.165, 1.54) is 0 Å². The Morgan fingerprint density at radius 1 is 1.50 bits per heavy atom. The van der Waals surface area contributed by atoms with Crippen LogP contribution < -0.4 is 5.73 Å². The molecule has 0 aromatic heterocycles. The van der Waals surface area contributed by atoms with Gasteiger partial charge in [-0.05, 0) is 18.9 Å². The van der Waals surface area contributed by atoms with E-state index in [1.54, 1.807) is 19.1 Å². The van der Waals surface area contributed by atoms with Crippen LogP contribution in [0, 0.1) is 12.7 Å². The second-order valence-electron chi connectivity index (χ2n) is 2.99. The van der Waals surface area contributed by atoms with Crippen LogP contribution >= 0.6 is 0 Å². The molecule has 2 N–H and O–H groups in total. The summed E-state index contributed by atoms with van der Waals surface area (Å²) in [6, 6.07) is 5.16. The summed E-state index contributed by atoms with van der Waals surface area (Å²) in [6.45, 7) is 3.70. The van der Waals surface area contributed by atoms with Gasteiger partial charge in [0.25, 0.3) is 0 Å². The van der Waals surface area contributed by atoms with Crippen molar-refractivity contribution >= 4 is 0 Å². The van der Waals surface area contributed by atoms with Gasteiger partial charge in [-0.1, -0.05) is 25.1 Å². The van der Waals surface area contributed by atoms with Gasteiger partial charge in [0.05, 0.1) is 0 Å². The number of hydrogen-bond donors (Lipinski definition) is 1. The van der Waals surface area contributed by atoms with Gasteiger partial charge in [0.2, 0.25) is 0 Å². The lowest BCUT2D eigenvalue weighted by atomic mass is 10.0. The van der Waals surface area contributed by atoms with Gasteiger partial charge in [-0.15, -0.1) is 0 Å². The molecule has 1 nitrogen and oxygen atoms in total. The smallest absolute Gasteiger partial charge is 0.130 e. The van der Waals surface area contributed by atoms with Crippen molar-refractivity contribution in [2.45, 2.75) is 26.3 Å². The average Bonchev–Trinajstić information content (AvgIpc) is 2.08. The van der Waals surface area contributed by atoms with E-state index in [0.29, 0.717) is 11.1 Å². The number of halogens is 1. The van der Waals surface area contributed by atoms with Gasteiger partial charge in [0.1, 0.15) is 5.82 Å². The third-order valence-corrected chi connectivity index (χ3v) is 2.06. The summed E-state index contributed by atoms with van der Waals surface area (Å²) in [5.41, 5.74) is 7.01. The van der Waals surface area contributed by atoms with Crippen LogP contribution in [0.25, 0.3) is 0 Å². The Hall–Kier alpha value is -0.890. The summed E-state index contributed by atoms with van der Waals surface area (Å²) in [4.78, 5) is 0. The maximum Gasteiger partial charge on any atom is 0.130 e. The van der Waals surface area contributed by atoms with Crippen LogP contribution in [-0.4, -0.2) is 0 Å². The molecule has 0 aliphatic heterocycles. The average molecular weight is 167 g/mol. The molecule has 0 bridgehead atoms. The molecular weight excluding hydrogens is 153 g/mol. The summed E-state index contributed by atoms with van der Waals surface area (Å²) in [6.07, 6.45) is 0.764. The first-order chi connectivity index (χ1) is 5.66. The highest BCUT2D eigenvalue weighted by atomic mass is 19.1. The van der Waals surface area contributed by atoms with Gasteiger partial charge in [-0.25, -0.2) is 4.39 Å². The van der Waals surface area contributed by atoms with E-state index in [2.05, 4.69) is 0 Å². The third kappa shape index (κ3) is 1.64. The Balaban J connectivity index is 3.07. The van der Waals surface area contributed by atoms with Gasteiger partial charge < -0.3 is 5.73 Å². The molecule has 2 heteroatoms. The molecule has 1 aromatic rings. The second kappa shape index (κ2) is 3.68. The molecular formula is C10H14FN. The van der Waals surface area contributed by atoms with Crippen LogP contribution in [0.3, 0.4) is 0 Å². The van der Waals surface area contributed by atoms with Crippen molar-refractivity contribution in [3.63, 3.8) is 0 Å². The first-order valence-corrected chi connectivity index (χ1v) is 4.17. The molecule has 0 spiro atoms. The molecule has 0 heterocycles. The van der Waals surface area contributed by atoms with Crippen LogP contribution in [-0.2, 0) is 0 Å².